The van der Waals surface area contributed by atoms with Crippen molar-refractivity contribution in [1.29, 1.82) is 0 Å². The molecule has 0 amide bonds. The Hall–Kier alpha value is -1.91. The SMILES string of the molecule is Cc1nn(-c2cnc(N)cn2)c(C)c1C. The molecule has 0 atom stereocenters. The normalized spacial score (nSPS) is 10.6. The lowest BCUT2D eigenvalue weighted by Crippen LogP contribution is -2.03. The molecular weight excluding hydrogens is 190 g/mol. The van der Waals surface area contributed by atoms with Crippen LogP contribution in [0.4, 0.5) is 5.82 Å². The van der Waals surface area contributed by atoms with Crippen LogP contribution in [-0.2, 0) is 0 Å². The molecule has 0 saturated heterocycles. The molecule has 0 aliphatic rings. The average Bonchev–Trinajstić information content (AvgIpc) is 2.47. The van der Waals surface area contributed by atoms with Gasteiger partial charge in [-0.3, -0.25) is 0 Å². The van der Waals surface area contributed by atoms with Crippen molar-refractivity contribution in [2.24, 2.45) is 0 Å². The molecule has 0 aliphatic heterocycles. The standard InChI is InChI=1S/C10H13N5/c1-6-7(2)14-15(8(6)3)10-5-12-9(11)4-13-10/h4-5H,1-3H3,(H2,11,12). The van der Waals surface area contributed by atoms with Gasteiger partial charge in [0.25, 0.3) is 0 Å². The number of nitrogens with two attached hydrogens (primary N) is 1. The molecule has 5 heteroatoms. The Labute approximate surface area is 88.0 Å². The highest BCUT2D eigenvalue weighted by Crippen LogP contribution is 2.14. The predicted octanol–water partition coefficient (Wildman–Crippen LogP) is 1.17. The van der Waals surface area contributed by atoms with E-state index in [0.29, 0.717) is 11.6 Å². The fourth-order valence-corrected chi connectivity index (χ4v) is 1.38. The van der Waals surface area contributed by atoms with Crippen LogP contribution < -0.4 is 5.73 Å². The number of anilines is 1. The minimum atomic E-state index is 0.414. The van der Waals surface area contributed by atoms with Crippen molar-refractivity contribution in [2.75, 3.05) is 5.73 Å². The molecule has 0 bridgehead atoms. The number of hydrogen-bond donors (Lipinski definition) is 1. The minimum absolute atomic E-state index is 0.414. The van der Waals surface area contributed by atoms with Crippen LogP contribution in [0.15, 0.2) is 12.4 Å². The van der Waals surface area contributed by atoms with E-state index in [1.165, 1.54) is 11.8 Å². The number of rotatable bonds is 1. The Morgan fingerprint density at radius 3 is 2.33 bits per heavy atom. The Morgan fingerprint density at radius 1 is 1.13 bits per heavy atom. The zero-order valence-corrected chi connectivity index (χ0v) is 9.02. The number of aryl methyl sites for hydroxylation is 1. The number of aromatic nitrogens is 4. The van der Waals surface area contributed by atoms with E-state index in [9.17, 15) is 0 Å². The Bertz CT molecular complexity index is 483. The molecule has 0 spiro atoms. The lowest BCUT2D eigenvalue weighted by molar-refractivity contribution is 0.799. The maximum absolute atomic E-state index is 5.47. The van der Waals surface area contributed by atoms with Gasteiger partial charge >= 0.3 is 0 Å². The van der Waals surface area contributed by atoms with Crippen molar-refractivity contribution < 1.29 is 0 Å². The maximum Gasteiger partial charge on any atom is 0.172 e. The van der Waals surface area contributed by atoms with Gasteiger partial charge in [-0.15, -0.1) is 0 Å². The topological polar surface area (TPSA) is 69.6 Å². The fourth-order valence-electron chi connectivity index (χ4n) is 1.38. The van der Waals surface area contributed by atoms with Crippen LogP contribution >= 0.6 is 0 Å². The molecule has 78 valence electrons. The molecule has 15 heavy (non-hydrogen) atoms. The van der Waals surface area contributed by atoms with Gasteiger partial charge in [-0.1, -0.05) is 0 Å². The molecule has 0 fully saturated rings. The van der Waals surface area contributed by atoms with Crippen molar-refractivity contribution in [2.45, 2.75) is 20.8 Å². The van der Waals surface area contributed by atoms with Crippen LogP contribution in [0, 0.1) is 20.8 Å². The van der Waals surface area contributed by atoms with E-state index in [1.54, 1.807) is 10.9 Å². The Morgan fingerprint density at radius 2 is 1.87 bits per heavy atom. The summed E-state index contributed by atoms with van der Waals surface area (Å²) < 4.78 is 1.77. The molecular formula is C10H13N5. The van der Waals surface area contributed by atoms with Crippen LogP contribution in [0.25, 0.3) is 5.82 Å². The van der Waals surface area contributed by atoms with Crippen LogP contribution in [0.2, 0.25) is 0 Å². The molecule has 2 N–H and O–H groups in total. The van der Waals surface area contributed by atoms with Gasteiger partial charge in [0, 0.05) is 5.69 Å². The van der Waals surface area contributed by atoms with Crippen molar-refractivity contribution in [3.05, 3.63) is 29.3 Å². The summed E-state index contributed by atoms with van der Waals surface area (Å²) in [5, 5.41) is 4.38. The van der Waals surface area contributed by atoms with E-state index >= 15 is 0 Å². The summed E-state index contributed by atoms with van der Waals surface area (Å²) in [4.78, 5) is 8.17. The zero-order chi connectivity index (χ0) is 11.0. The van der Waals surface area contributed by atoms with Crippen LogP contribution in [0.5, 0.6) is 0 Å². The molecule has 0 aliphatic carbocycles. The first-order chi connectivity index (χ1) is 7.09. The van der Waals surface area contributed by atoms with Gasteiger partial charge < -0.3 is 5.73 Å². The molecule has 0 saturated carbocycles. The van der Waals surface area contributed by atoms with E-state index in [1.807, 2.05) is 20.8 Å². The second-order valence-corrected chi connectivity index (χ2v) is 3.51. The second kappa shape index (κ2) is 3.34. The quantitative estimate of drug-likeness (QED) is 0.755. The minimum Gasteiger partial charge on any atom is -0.382 e. The molecule has 2 aromatic rings. The molecule has 2 heterocycles. The second-order valence-electron chi connectivity index (χ2n) is 3.51. The van der Waals surface area contributed by atoms with Gasteiger partial charge in [0.2, 0.25) is 0 Å². The van der Waals surface area contributed by atoms with E-state index in [4.69, 9.17) is 5.73 Å². The highest BCUT2D eigenvalue weighted by Gasteiger charge is 2.09. The smallest absolute Gasteiger partial charge is 0.172 e. The van der Waals surface area contributed by atoms with Crippen LogP contribution in [-0.4, -0.2) is 19.7 Å². The number of hydrogen-bond acceptors (Lipinski definition) is 4. The summed E-state index contributed by atoms with van der Waals surface area (Å²) in [7, 11) is 0. The van der Waals surface area contributed by atoms with Crippen LogP contribution in [0.3, 0.4) is 0 Å². The molecule has 2 aromatic heterocycles. The first-order valence-corrected chi connectivity index (χ1v) is 4.70. The van der Waals surface area contributed by atoms with Gasteiger partial charge in [0.15, 0.2) is 5.82 Å². The van der Waals surface area contributed by atoms with E-state index in [-0.39, 0.29) is 0 Å². The average molecular weight is 203 g/mol. The molecule has 0 aromatic carbocycles. The highest BCUT2D eigenvalue weighted by atomic mass is 15.3. The van der Waals surface area contributed by atoms with Crippen molar-refractivity contribution in [1.82, 2.24) is 19.7 Å². The van der Waals surface area contributed by atoms with Gasteiger partial charge in [-0.25, -0.2) is 14.6 Å². The van der Waals surface area contributed by atoms with Gasteiger partial charge in [0.1, 0.15) is 5.82 Å². The summed E-state index contributed by atoms with van der Waals surface area (Å²) in [6.07, 6.45) is 3.15. The van der Waals surface area contributed by atoms with Crippen molar-refractivity contribution in [3.63, 3.8) is 0 Å². The largest absolute Gasteiger partial charge is 0.382 e. The Balaban J connectivity index is 2.54. The lowest BCUT2D eigenvalue weighted by Gasteiger charge is -2.02. The first kappa shape index (κ1) is 9.64. The summed E-state index contributed by atoms with van der Waals surface area (Å²) in [6, 6.07) is 0. The van der Waals surface area contributed by atoms with E-state index in [0.717, 1.165) is 11.4 Å². The zero-order valence-electron chi connectivity index (χ0n) is 9.02. The summed E-state index contributed by atoms with van der Waals surface area (Å²) in [5.41, 5.74) is 8.73. The maximum atomic E-state index is 5.47. The van der Waals surface area contributed by atoms with Gasteiger partial charge in [0.05, 0.1) is 18.1 Å². The van der Waals surface area contributed by atoms with Crippen molar-refractivity contribution >= 4 is 5.82 Å². The van der Waals surface area contributed by atoms with Crippen LogP contribution in [0.1, 0.15) is 17.0 Å². The van der Waals surface area contributed by atoms with Gasteiger partial charge in [-0.2, -0.15) is 5.10 Å². The predicted molar refractivity (Wildman–Crippen MR) is 57.8 cm³/mol. The summed E-state index contributed by atoms with van der Waals surface area (Å²) >= 11 is 0. The highest BCUT2D eigenvalue weighted by molar-refractivity contribution is 5.33. The Kier molecular flexibility index (Phi) is 2.15. The van der Waals surface area contributed by atoms with Crippen molar-refractivity contribution in [3.8, 4) is 5.82 Å². The number of nitrogens with zero attached hydrogens (tertiary/aromatic N) is 4. The van der Waals surface area contributed by atoms with Gasteiger partial charge in [-0.05, 0) is 26.3 Å². The summed E-state index contributed by atoms with van der Waals surface area (Å²) in [6.45, 7) is 6.02. The third kappa shape index (κ3) is 1.56. The third-order valence-electron chi connectivity index (χ3n) is 2.53. The molecule has 2 rings (SSSR count). The molecule has 0 radical (unpaired) electrons. The van der Waals surface area contributed by atoms with E-state index < -0.39 is 0 Å². The lowest BCUT2D eigenvalue weighted by atomic mass is 10.2. The first-order valence-electron chi connectivity index (χ1n) is 4.70. The molecule has 5 nitrogen and oxygen atoms in total. The molecule has 0 unspecified atom stereocenters. The van der Waals surface area contributed by atoms with E-state index in [2.05, 4.69) is 15.1 Å². The third-order valence-corrected chi connectivity index (χ3v) is 2.53. The number of nitrogen functional groups attached to an aromatic ring is 1. The fraction of sp³-hybridized carbons (Fsp3) is 0.300. The monoisotopic (exact) mass is 203 g/mol. The summed E-state index contributed by atoms with van der Waals surface area (Å²) in [5.74, 6) is 1.11.